The van der Waals surface area contributed by atoms with Gasteiger partial charge in [-0.3, -0.25) is 4.79 Å². The molecule has 0 heterocycles. The van der Waals surface area contributed by atoms with Gasteiger partial charge in [0.1, 0.15) is 5.82 Å². The van der Waals surface area contributed by atoms with E-state index in [4.69, 9.17) is 17.3 Å². The van der Waals surface area contributed by atoms with E-state index in [-0.39, 0.29) is 35.3 Å². The summed E-state index contributed by atoms with van der Waals surface area (Å²) >= 11 is 5.56. The Hall–Kier alpha value is -0.840. The molecule has 3 N–H and O–H groups in total. The van der Waals surface area contributed by atoms with Crippen molar-refractivity contribution in [2.24, 2.45) is 11.7 Å². The van der Waals surface area contributed by atoms with Gasteiger partial charge in [-0.25, -0.2) is 4.39 Å². The van der Waals surface area contributed by atoms with Crippen molar-refractivity contribution in [3.8, 4) is 0 Å². The Morgan fingerprint density at radius 1 is 1.44 bits per heavy atom. The number of nitrogens with two attached hydrogens (primary N) is 1. The second kappa shape index (κ2) is 6.36. The standard InChI is InChI=1S/C12H14ClFN2O.ClH/c13-10-4-3-9(6-11(10)14)16-12(17)7-1-2-8(15)5-7;/h3-4,6-8H,1-2,5,15H2,(H,16,17);1H. The SMILES string of the molecule is Cl.NC1CCC(C(=O)Nc2ccc(Cl)c(F)c2)C1. The van der Waals surface area contributed by atoms with E-state index in [0.29, 0.717) is 12.1 Å². The van der Waals surface area contributed by atoms with Crippen molar-refractivity contribution in [1.29, 1.82) is 0 Å². The van der Waals surface area contributed by atoms with E-state index in [0.717, 1.165) is 12.8 Å². The number of hydrogen-bond donors (Lipinski definition) is 2. The fourth-order valence-corrected chi connectivity index (χ4v) is 2.19. The molecule has 0 saturated heterocycles. The lowest BCUT2D eigenvalue weighted by Gasteiger charge is -2.11. The van der Waals surface area contributed by atoms with Gasteiger partial charge in [0, 0.05) is 17.6 Å². The highest BCUT2D eigenvalue weighted by Crippen LogP contribution is 2.26. The fourth-order valence-electron chi connectivity index (χ4n) is 2.07. The van der Waals surface area contributed by atoms with Gasteiger partial charge < -0.3 is 11.1 Å². The number of rotatable bonds is 2. The van der Waals surface area contributed by atoms with E-state index in [9.17, 15) is 9.18 Å². The van der Waals surface area contributed by atoms with Gasteiger partial charge in [-0.1, -0.05) is 11.6 Å². The van der Waals surface area contributed by atoms with Crippen LogP contribution in [0, 0.1) is 11.7 Å². The van der Waals surface area contributed by atoms with E-state index in [1.54, 1.807) is 6.07 Å². The minimum absolute atomic E-state index is 0. The van der Waals surface area contributed by atoms with Crippen LogP contribution >= 0.6 is 24.0 Å². The first kappa shape index (κ1) is 15.2. The molecule has 18 heavy (non-hydrogen) atoms. The summed E-state index contributed by atoms with van der Waals surface area (Å²) in [5.74, 6) is -0.698. The van der Waals surface area contributed by atoms with Crippen LogP contribution in [0.2, 0.25) is 5.02 Å². The van der Waals surface area contributed by atoms with Gasteiger partial charge in [0.15, 0.2) is 0 Å². The molecule has 1 aromatic carbocycles. The molecule has 100 valence electrons. The summed E-state index contributed by atoms with van der Waals surface area (Å²) < 4.78 is 13.2. The zero-order valence-corrected chi connectivity index (χ0v) is 11.2. The Balaban J connectivity index is 0.00000162. The second-order valence-electron chi connectivity index (χ2n) is 4.39. The largest absolute Gasteiger partial charge is 0.328 e. The number of amides is 1. The maximum absolute atomic E-state index is 13.2. The first-order valence-corrected chi connectivity index (χ1v) is 5.95. The van der Waals surface area contributed by atoms with Crippen molar-refractivity contribution in [3.05, 3.63) is 29.0 Å². The van der Waals surface area contributed by atoms with Gasteiger partial charge in [-0.2, -0.15) is 0 Å². The quantitative estimate of drug-likeness (QED) is 0.880. The van der Waals surface area contributed by atoms with Crippen LogP contribution in [0.25, 0.3) is 0 Å². The van der Waals surface area contributed by atoms with E-state index >= 15 is 0 Å². The van der Waals surface area contributed by atoms with Crippen LogP contribution in [0.5, 0.6) is 0 Å². The van der Waals surface area contributed by atoms with Gasteiger partial charge in [-0.05, 0) is 37.5 Å². The van der Waals surface area contributed by atoms with Crippen molar-refractivity contribution >= 4 is 35.6 Å². The normalized spacial score (nSPS) is 22.4. The Bertz CT molecular complexity index is 442. The average Bonchev–Trinajstić information content (AvgIpc) is 2.70. The van der Waals surface area contributed by atoms with E-state index in [2.05, 4.69) is 5.32 Å². The maximum Gasteiger partial charge on any atom is 0.227 e. The number of hydrogen-bond acceptors (Lipinski definition) is 2. The molecule has 1 aliphatic carbocycles. The number of halogens is 3. The van der Waals surface area contributed by atoms with Crippen LogP contribution in [0.3, 0.4) is 0 Å². The Morgan fingerprint density at radius 2 is 2.17 bits per heavy atom. The van der Waals surface area contributed by atoms with Crippen molar-refractivity contribution in [1.82, 2.24) is 0 Å². The molecule has 0 aliphatic heterocycles. The number of benzene rings is 1. The van der Waals surface area contributed by atoms with Crippen LogP contribution < -0.4 is 11.1 Å². The first-order valence-electron chi connectivity index (χ1n) is 5.58. The number of carbonyl (C=O) groups is 1. The highest BCUT2D eigenvalue weighted by molar-refractivity contribution is 6.30. The lowest BCUT2D eigenvalue weighted by Crippen LogP contribution is -2.23. The molecule has 1 fully saturated rings. The van der Waals surface area contributed by atoms with Crippen LogP contribution in [0.1, 0.15) is 19.3 Å². The minimum Gasteiger partial charge on any atom is -0.328 e. The molecule has 1 amide bonds. The molecule has 6 heteroatoms. The number of anilines is 1. The molecule has 0 aromatic heterocycles. The Labute approximate surface area is 116 Å². The molecule has 0 spiro atoms. The number of carbonyl (C=O) groups excluding carboxylic acids is 1. The van der Waals surface area contributed by atoms with Crippen molar-refractivity contribution < 1.29 is 9.18 Å². The molecule has 1 saturated carbocycles. The van der Waals surface area contributed by atoms with Gasteiger partial charge in [0.05, 0.1) is 5.02 Å². The monoisotopic (exact) mass is 292 g/mol. The van der Waals surface area contributed by atoms with Gasteiger partial charge in [-0.15, -0.1) is 12.4 Å². The Kier molecular flexibility index (Phi) is 5.38. The van der Waals surface area contributed by atoms with E-state index in [1.807, 2.05) is 0 Å². The van der Waals surface area contributed by atoms with Crippen LogP contribution in [0.15, 0.2) is 18.2 Å². The maximum atomic E-state index is 13.2. The summed E-state index contributed by atoms with van der Waals surface area (Å²) in [5, 5.41) is 2.73. The molecule has 3 nitrogen and oxygen atoms in total. The summed E-state index contributed by atoms with van der Waals surface area (Å²) in [7, 11) is 0. The van der Waals surface area contributed by atoms with E-state index < -0.39 is 5.82 Å². The minimum atomic E-state index is -0.535. The third kappa shape index (κ3) is 3.57. The molecule has 0 radical (unpaired) electrons. The molecule has 0 bridgehead atoms. The van der Waals surface area contributed by atoms with E-state index in [1.165, 1.54) is 12.1 Å². The van der Waals surface area contributed by atoms with Crippen LogP contribution in [0.4, 0.5) is 10.1 Å². The summed E-state index contributed by atoms with van der Waals surface area (Å²) in [5.41, 5.74) is 6.17. The smallest absolute Gasteiger partial charge is 0.227 e. The summed E-state index contributed by atoms with van der Waals surface area (Å²) in [6.07, 6.45) is 2.36. The van der Waals surface area contributed by atoms with Gasteiger partial charge in [0.2, 0.25) is 5.91 Å². The summed E-state index contributed by atoms with van der Waals surface area (Å²) in [6, 6.07) is 4.33. The third-order valence-corrected chi connectivity index (χ3v) is 3.34. The highest BCUT2D eigenvalue weighted by Gasteiger charge is 2.27. The number of nitrogens with one attached hydrogen (secondary N) is 1. The zero-order chi connectivity index (χ0) is 12.4. The molecular weight excluding hydrogens is 278 g/mol. The van der Waals surface area contributed by atoms with Crippen LogP contribution in [-0.2, 0) is 4.79 Å². The van der Waals surface area contributed by atoms with Crippen molar-refractivity contribution in [2.45, 2.75) is 25.3 Å². The molecule has 2 rings (SSSR count). The topological polar surface area (TPSA) is 55.1 Å². The second-order valence-corrected chi connectivity index (χ2v) is 4.80. The van der Waals surface area contributed by atoms with Crippen molar-refractivity contribution in [2.75, 3.05) is 5.32 Å². The fraction of sp³-hybridized carbons (Fsp3) is 0.417. The molecule has 2 atom stereocenters. The lowest BCUT2D eigenvalue weighted by molar-refractivity contribution is -0.119. The highest BCUT2D eigenvalue weighted by atomic mass is 35.5. The molecule has 1 aromatic rings. The third-order valence-electron chi connectivity index (χ3n) is 3.03. The molecule has 2 unspecified atom stereocenters. The Morgan fingerprint density at radius 3 is 2.72 bits per heavy atom. The predicted octanol–water partition coefficient (Wildman–Crippen LogP) is 2.97. The zero-order valence-electron chi connectivity index (χ0n) is 9.66. The average molecular weight is 293 g/mol. The van der Waals surface area contributed by atoms with Crippen LogP contribution in [-0.4, -0.2) is 11.9 Å². The molecular formula is C12H15Cl2FN2O. The van der Waals surface area contributed by atoms with Gasteiger partial charge in [0.25, 0.3) is 0 Å². The first-order chi connectivity index (χ1) is 8.06. The summed E-state index contributed by atoms with van der Waals surface area (Å²) in [6.45, 7) is 0. The lowest BCUT2D eigenvalue weighted by atomic mass is 10.1. The van der Waals surface area contributed by atoms with Gasteiger partial charge >= 0.3 is 0 Å². The predicted molar refractivity (Wildman–Crippen MR) is 72.6 cm³/mol. The molecule has 1 aliphatic rings. The summed E-state index contributed by atoms with van der Waals surface area (Å²) in [4.78, 5) is 11.8. The van der Waals surface area contributed by atoms with Crippen molar-refractivity contribution in [3.63, 3.8) is 0 Å².